The van der Waals surface area contributed by atoms with Crippen molar-refractivity contribution in [3.63, 3.8) is 0 Å². The molecule has 0 aliphatic carbocycles. The molecule has 2 nitrogen and oxygen atoms in total. The zero-order valence-electron chi connectivity index (χ0n) is 5.64. The van der Waals surface area contributed by atoms with Gasteiger partial charge in [-0.15, -0.1) is 0 Å². The zero-order chi connectivity index (χ0) is 8.72. The van der Waals surface area contributed by atoms with Crippen molar-refractivity contribution in [2.75, 3.05) is 0 Å². The molecule has 0 fully saturated rings. The van der Waals surface area contributed by atoms with Gasteiger partial charge >= 0.3 is 0 Å². The van der Waals surface area contributed by atoms with E-state index in [1.165, 1.54) is 0 Å². The minimum Gasteiger partial charge on any atom is -0.447 e. The smallest absolute Gasteiger partial charge is 0.180 e. The first-order valence-electron chi connectivity index (χ1n) is 3.08. The van der Waals surface area contributed by atoms with E-state index >= 15 is 0 Å². The van der Waals surface area contributed by atoms with E-state index in [4.69, 9.17) is 16.0 Å². The standard InChI is InChI=1S/C7H2BrClINO/c8-5-6-3(12-7(5)10)1-2-4(9)11-6/h1-2H. The van der Waals surface area contributed by atoms with Crippen LogP contribution in [0.1, 0.15) is 0 Å². The minimum atomic E-state index is 0.473. The second-order valence-corrected chi connectivity index (χ2v) is 4.33. The van der Waals surface area contributed by atoms with E-state index in [-0.39, 0.29) is 0 Å². The molecule has 0 saturated carbocycles. The Balaban J connectivity index is 2.88. The Kier molecular flexibility index (Phi) is 2.31. The summed E-state index contributed by atoms with van der Waals surface area (Å²) < 4.78 is 7.02. The van der Waals surface area contributed by atoms with Gasteiger partial charge in [-0.2, -0.15) is 0 Å². The third-order valence-electron chi connectivity index (χ3n) is 1.40. The van der Waals surface area contributed by atoms with Crippen molar-refractivity contribution in [3.05, 3.63) is 25.5 Å². The number of hydrogen-bond acceptors (Lipinski definition) is 2. The van der Waals surface area contributed by atoms with Crippen LogP contribution in [0.4, 0.5) is 0 Å². The van der Waals surface area contributed by atoms with Crippen molar-refractivity contribution < 1.29 is 4.42 Å². The molecule has 0 spiro atoms. The van der Waals surface area contributed by atoms with Gasteiger partial charge in [0.05, 0.1) is 4.47 Å². The predicted molar refractivity (Wildman–Crippen MR) is 59.4 cm³/mol. The third kappa shape index (κ3) is 1.36. The van der Waals surface area contributed by atoms with Crippen molar-refractivity contribution in [1.82, 2.24) is 4.98 Å². The molecule has 0 N–H and O–H groups in total. The molecule has 0 aliphatic rings. The minimum absolute atomic E-state index is 0.473. The lowest BCUT2D eigenvalue weighted by atomic mass is 10.4. The van der Waals surface area contributed by atoms with Gasteiger partial charge in [-0.25, -0.2) is 4.98 Å². The highest BCUT2D eigenvalue weighted by molar-refractivity contribution is 14.1. The molecular formula is C7H2BrClINO. The second-order valence-electron chi connectivity index (χ2n) is 2.17. The number of furan rings is 1. The first-order valence-corrected chi connectivity index (χ1v) is 5.33. The Morgan fingerprint density at radius 2 is 2.25 bits per heavy atom. The third-order valence-corrected chi connectivity index (χ3v) is 3.85. The lowest BCUT2D eigenvalue weighted by Gasteiger charge is -1.87. The van der Waals surface area contributed by atoms with E-state index < -0.39 is 0 Å². The second kappa shape index (κ2) is 3.16. The number of rotatable bonds is 0. The largest absolute Gasteiger partial charge is 0.447 e. The first kappa shape index (κ1) is 8.77. The molecule has 12 heavy (non-hydrogen) atoms. The van der Waals surface area contributed by atoms with E-state index in [1.807, 2.05) is 0 Å². The molecule has 0 aromatic carbocycles. The molecule has 0 bridgehead atoms. The molecular weight excluding hydrogens is 356 g/mol. The van der Waals surface area contributed by atoms with Crippen LogP contribution in [0.25, 0.3) is 11.1 Å². The van der Waals surface area contributed by atoms with Crippen LogP contribution in [-0.2, 0) is 0 Å². The van der Waals surface area contributed by atoms with Gasteiger partial charge < -0.3 is 4.42 Å². The summed E-state index contributed by atoms with van der Waals surface area (Å²) in [4.78, 5) is 4.12. The zero-order valence-corrected chi connectivity index (χ0v) is 10.1. The number of halogens is 3. The van der Waals surface area contributed by atoms with Gasteiger partial charge in [0.2, 0.25) is 0 Å². The molecule has 0 aliphatic heterocycles. The molecule has 0 amide bonds. The summed E-state index contributed by atoms with van der Waals surface area (Å²) >= 11 is 11.2. The van der Waals surface area contributed by atoms with Gasteiger partial charge in [0.15, 0.2) is 9.35 Å². The molecule has 0 unspecified atom stereocenters. The lowest BCUT2D eigenvalue weighted by Crippen LogP contribution is -1.74. The monoisotopic (exact) mass is 357 g/mol. The predicted octanol–water partition coefficient (Wildman–Crippen LogP) is 3.85. The highest BCUT2D eigenvalue weighted by Crippen LogP contribution is 2.30. The van der Waals surface area contributed by atoms with Gasteiger partial charge in [0.25, 0.3) is 0 Å². The van der Waals surface area contributed by atoms with Crippen LogP contribution in [0, 0.1) is 3.77 Å². The first-order chi connectivity index (χ1) is 5.68. The summed E-state index contributed by atoms with van der Waals surface area (Å²) in [5, 5.41) is 0.473. The Morgan fingerprint density at radius 3 is 3.00 bits per heavy atom. The number of pyridine rings is 1. The Hall–Kier alpha value is 0.190. The molecule has 0 radical (unpaired) electrons. The van der Waals surface area contributed by atoms with Crippen LogP contribution in [0.5, 0.6) is 0 Å². The van der Waals surface area contributed by atoms with Crippen molar-refractivity contribution >= 4 is 61.2 Å². The summed E-state index contributed by atoms with van der Waals surface area (Å²) in [5.41, 5.74) is 1.52. The number of nitrogens with zero attached hydrogens (tertiary/aromatic N) is 1. The quantitative estimate of drug-likeness (QED) is 0.528. The fraction of sp³-hybridized carbons (Fsp3) is 0. The van der Waals surface area contributed by atoms with Crippen molar-refractivity contribution in [2.45, 2.75) is 0 Å². The fourth-order valence-electron chi connectivity index (χ4n) is 0.897. The number of fused-ring (bicyclic) bond motifs is 1. The fourth-order valence-corrected chi connectivity index (χ4v) is 1.90. The molecule has 2 rings (SSSR count). The molecule has 2 aromatic heterocycles. The van der Waals surface area contributed by atoms with Gasteiger partial charge in [-0.05, 0) is 28.1 Å². The lowest BCUT2D eigenvalue weighted by molar-refractivity contribution is 0.581. The summed E-state index contributed by atoms with van der Waals surface area (Å²) in [6, 6.07) is 3.51. The van der Waals surface area contributed by atoms with Crippen LogP contribution >= 0.6 is 50.1 Å². The Labute approximate surface area is 95.6 Å². The van der Waals surface area contributed by atoms with E-state index in [0.717, 1.165) is 19.3 Å². The molecule has 62 valence electrons. The van der Waals surface area contributed by atoms with Gasteiger partial charge in [-0.1, -0.05) is 11.6 Å². The van der Waals surface area contributed by atoms with Crippen molar-refractivity contribution in [2.24, 2.45) is 0 Å². The van der Waals surface area contributed by atoms with Gasteiger partial charge in [-0.3, -0.25) is 0 Å². The Morgan fingerprint density at radius 1 is 1.50 bits per heavy atom. The van der Waals surface area contributed by atoms with E-state index in [2.05, 4.69) is 43.5 Å². The van der Waals surface area contributed by atoms with Crippen molar-refractivity contribution in [3.8, 4) is 0 Å². The van der Waals surface area contributed by atoms with Crippen LogP contribution in [-0.4, -0.2) is 4.98 Å². The maximum Gasteiger partial charge on any atom is 0.180 e. The average Bonchev–Trinajstić information content (AvgIpc) is 2.31. The Bertz CT molecular complexity index is 442. The highest BCUT2D eigenvalue weighted by atomic mass is 127. The van der Waals surface area contributed by atoms with Gasteiger partial charge in [0, 0.05) is 22.6 Å². The topological polar surface area (TPSA) is 26.0 Å². The van der Waals surface area contributed by atoms with Crippen LogP contribution in [0.3, 0.4) is 0 Å². The summed E-state index contributed by atoms with van der Waals surface area (Å²) in [6.45, 7) is 0. The normalized spacial score (nSPS) is 10.9. The summed E-state index contributed by atoms with van der Waals surface area (Å²) in [5.74, 6) is 0. The maximum atomic E-state index is 5.72. The van der Waals surface area contributed by atoms with E-state index in [9.17, 15) is 0 Å². The molecule has 0 saturated heterocycles. The van der Waals surface area contributed by atoms with E-state index in [1.54, 1.807) is 12.1 Å². The molecule has 0 atom stereocenters. The summed E-state index contributed by atoms with van der Waals surface area (Å²) in [7, 11) is 0. The van der Waals surface area contributed by atoms with E-state index in [0.29, 0.717) is 5.15 Å². The number of hydrogen-bond donors (Lipinski definition) is 0. The number of aromatic nitrogens is 1. The SMILES string of the molecule is Clc1ccc2oc(I)c(Br)c2n1. The van der Waals surface area contributed by atoms with Crippen molar-refractivity contribution in [1.29, 1.82) is 0 Å². The molecule has 5 heteroatoms. The van der Waals surface area contributed by atoms with Gasteiger partial charge in [0.1, 0.15) is 10.7 Å². The average molecular weight is 358 g/mol. The van der Waals surface area contributed by atoms with Crippen LogP contribution < -0.4 is 0 Å². The van der Waals surface area contributed by atoms with Crippen LogP contribution in [0.2, 0.25) is 5.15 Å². The highest BCUT2D eigenvalue weighted by Gasteiger charge is 2.10. The van der Waals surface area contributed by atoms with Crippen LogP contribution in [0.15, 0.2) is 21.0 Å². The molecule has 2 aromatic rings. The molecule has 2 heterocycles. The maximum absolute atomic E-state index is 5.72. The summed E-state index contributed by atoms with van der Waals surface area (Å²) in [6.07, 6.45) is 0.